The van der Waals surface area contributed by atoms with Crippen molar-refractivity contribution in [2.45, 2.75) is 20.3 Å². The number of halogens is 2. The average Bonchev–Trinajstić information content (AvgIpc) is 3.04. The van der Waals surface area contributed by atoms with E-state index in [0.717, 1.165) is 16.9 Å². The van der Waals surface area contributed by atoms with Gasteiger partial charge in [0.2, 0.25) is 0 Å². The van der Waals surface area contributed by atoms with Crippen molar-refractivity contribution in [2.75, 3.05) is 16.8 Å². The topological polar surface area (TPSA) is 58.6 Å². The summed E-state index contributed by atoms with van der Waals surface area (Å²) in [6.45, 7) is 4.37. The molecule has 5 nitrogen and oxygen atoms in total. The number of anilines is 2. The minimum Gasteiger partial charge on any atom is -0.494 e. The second kappa shape index (κ2) is 9.46. The first-order valence-corrected chi connectivity index (χ1v) is 10.9. The molecule has 0 aromatic heterocycles. The Balaban J connectivity index is 1.79. The van der Waals surface area contributed by atoms with Crippen LogP contribution in [0, 0.1) is 12.7 Å². The van der Waals surface area contributed by atoms with Gasteiger partial charge in [0.05, 0.1) is 17.9 Å². The zero-order valence-electron chi connectivity index (χ0n) is 18.2. The van der Waals surface area contributed by atoms with Crippen LogP contribution < -0.4 is 15.0 Å². The summed E-state index contributed by atoms with van der Waals surface area (Å²) >= 11 is 6.15. The normalized spacial score (nSPS) is 13.6. The highest BCUT2D eigenvalue weighted by Crippen LogP contribution is 2.36. The third kappa shape index (κ3) is 4.61. The number of rotatable bonds is 7. The van der Waals surface area contributed by atoms with Gasteiger partial charge in [-0.15, -0.1) is 0 Å². The van der Waals surface area contributed by atoms with Crippen molar-refractivity contribution in [3.63, 3.8) is 0 Å². The minimum absolute atomic E-state index is 0.0959. The lowest BCUT2D eigenvalue weighted by Gasteiger charge is -2.18. The maximum Gasteiger partial charge on any atom is 0.282 e. The molecule has 0 saturated carbocycles. The third-order valence-electron chi connectivity index (χ3n) is 5.21. The van der Waals surface area contributed by atoms with Crippen molar-refractivity contribution in [1.82, 2.24) is 0 Å². The molecule has 4 rings (SSSR count). The van der Waals surface area contributed by atoms with Crippen LogP contribution in [-0.2, 0) is 9.59 Å². The molecule has 0 atom stereocenters. The molecular weight excluding hydrogens is 443 g/mol. The number of carbonyl (C=O) groups excluding carboxylic acids is 2. The molecule has 1 aliphatic rings. The number of ether oxygens (including phenoxy) is 1. The number of imide groups is 1. The van der Waals surface area contributed by atoms with Crippen molar-refractivity contribution < 1.29 is 18.7 Å². The Morgan fingerprint density at radius 2 is 1.76 bits per heavy atom. The number of carbonyl (C=O) groups is 2. The highest BCUT2D eigenvalue weighted by molar-refractivity contribution is 6.46. The molecule has 0 bridgehead atoms. The monoisotopic (exact) mass is 464 g/mol. The fourth-order valence-electron chi connectivity index (χ4n) is 3.60. The molecule has 0 radical (unpaired) electrons. The lowest BCUT2D eigenvalue weighted by molar-refractivity contribution is -0.120. The van der Waals surface area contributed by atoms with E-state index in [1.165, 1.54) is 24.3 Å². The van der Waals surface area contributed by atoms with E-state index < -0.39 is 17.6 Å². The van der Waals surface area contributed by atoms with E-state index in [9.17, 15) is 14.0 Å². The first-order chi connectivity index (χ1) is 15.9. The lowest BCUT2D eigenvalue weighted by atomic mass is 10.0. The summed E-state index contributed by atoms with van der Waals surface area (Å²) in [6.07, 6.45) is 0.860. The van der Waals surface area contributed by atoms with E-state index in [4.69, 9.17) is 16.3 Å². The summed E-state index contributed by atoms with van der Waals surface area (Å²) in [5, 5.41) is 3.50. The molecule has 33 heavy (non-hydrogen) atoms. The van der Waals surface area contributed by atoms with Gasteiger partial charge >= 0.3 is 0 Å². The Hall–Kier alpha value is -3.64. The van der Waals surface area contributed by atoms with Crippen LogP contribution in [0.15, 0.2) is 72.4 Å². The summed E-state index contributed by atoms with van der Waals surface area (Å²) in [4.78, 5) is 28.1. The fraction of sp³-hybridized carbons (Fsp3) is 0.154. The predicted octanol–water partition coefficient (Wildman–Crippen LogP) is 5.97. The van der Waals surface area contributed by atoms with E-state index in [2.05, 4.69) is 5.32 Å². The molecule has 7 heteroatoms. The number of hydrogen-bond donors (Lipinski definition) is 1. The molecule has 2 amide bonds. The quantitative estimate of drug-likeness (QED) is 0.437. The molecule has 1 heterocycles. The molecule has 3 aromatic rings. The molecular formula is C26H22ClFN2O3. The van der Waals surface area contributed by atoms with Crippen LogP contribution in [-0.4, -0.2) is 18.4 Å². The van der Waals surface area contributed by atoms with Gasteiger partial charge in [-0.2, -0.15) is 0 Å². The largest absolute Gasteiger partial charge is 0.494 e. The molecule has 168 valence electrons. The summed E-state index contributed by atoms with van der Waals surface area (Å²) in [7, 11) is 0. The SMILES string of the molecule is CCCOc1cccc(NC2=C(c3ccc(F)cc3)C(=O)N(c3cc(Cl)ccc3C)C2=O)c1. The number of benzene rings is 3. The summed E-state index contributed by atoms with van der Waals surface area (Å²) in [5.41, 5.74) is 2.38. The van der Waals surface area contributed by atoms with Gasteiger partial charge in [0, 0.05) is 16.8 Å². The maximum absolute atomic E-state index is 13.6. The Bertz CT molecular complexity index is 1250. The van der Waals surface area contributed by atoms with Gasteiger partial charge in [-0.1, -0.05) is 42.8 Å². The van der Waals surface area contributed by atoms with Crippen LogP contribution in [0.3, 0.4) is 0 Å². The third-order valence-corrected chi connectivity index (χ3v) is 5.44. The number of aryl methyl sites for hydroxylation is 1. The summed E-state index contributed by atoms with van der Waals surface area (Å²) in [5.74, 6) is -0.832. The molecule has 0 spiro atoms. The summed E-state index contributed by atoms with van der Waals surface area (Å²) < 4.78 is 19.2. The van der Waals surface area contributed by atoms with Crippen molar-refractivity contribution in [2.24, 2.45) is 0 Å². The predicted molar refractivity (Wildman–Crippen MR) is 128 cm³/mol. The Kier molecular flexibility index (Phi) is 6.47. The second-order valence-corrected chi connectivity index (χ2v) is 8.07. The molecule has 1 N–H and O–H groups in total. The minimum atomic E-state index is -0.524. The number of hydrogen-bond acceptors (Lipinski definition) is 4. The van der Waals surface area contributed by atoms with Crippen molar-refractivity contribution in [3.05, 3.63) is 94.4 Å². The summed E-state index contributed by atoms with van der Waals surface area (Å²) in [6, 6.07) is 17.6. The average molecular weight is 465 g/mol. The van der Waals surface area contributed by atoms with Crippen LogP contribution in [0.4, 0.5) is 15.8 Å². The van der Waals surface area contributed by atoms with Crippen molar-refractivity contribution >= 4 is 40.4 Å². The van der Waals surface area contributed by atoms with Gasteiger partial charge < -0.3 is 10.1 Å². The maximum atomic E-state index is 13.6. The molecule has 0 aliphatic carbocycles. The molecule has 3 aromatic carbocycles. The molecule has 0 fully saturated rings. The highest BCUT2D eigenvalue weighted by Gasteiger charge is 2.41. The molecule has 0 unspecified atom stereocenters. The fourth-order valence-corrected chi connectivity index (χ4v) is 3.77. The Morgan fingerprint density at radius 3 is 2.48 bits per heavy atom. The van der Waals surface area contributed by atoms with E-state index in [1.54, 1.807) is 43.3 Å². The van der Waals surface area contributed by atoms with Gasteiger partial charge in [0.1, 0.15) is 17.3 Å². The first kappa shape index (κ1) is 22.6. The van der Waals surface area contributed by atoms with Gasteiger partial charge in [-0.05, 0) is 60.9 Å². The Morgan fingerprint density at radius 1 is 1.00 bits per heavy atom. The van der Waals surface area contributed by atoms with Gasteiger partial charge in [0.15, 0.2) is 0 Å². The van der Waals surface area contributed by atoms with Gasteiger partial charge in [-0.3, -0.25) is 9.59 Å². The number of nitrogens with zero attached hydrogens (tertiary/aromatic N) is 1. The molecule has 0 saturated heterocycles. The van der Waals surface area contributed by atoms with E-state index >= 15 is 0 Å². The van der Waals surface area contributed by atoms with E-state index in [-0.39, 0.29) is 11.3 Å². The van der Waals surface area contributed by atoms with Crippen LogP contribution >= 0.6 is 11.6 Å². The smallest absolute Gasteiger partial charge is 0.282 e. The van der Waals surface area contributed by atoms with E-state index in [1.807, 2.05) is 13.0 Å². The Labute approximate surface area is 196 Å². The van der Waals surface area contributed by atoms with Crippen LogP contribution in [0.2, 0.25) is 5.02 Å². The van der Waals surface area contributed by atoms with Crippen LogP contribution in [0.25, 0.3) is 5.57 Å². The number of nitrogens with one attached hydrogen (secondary N) is 1. The highest BCUT2D eigenvalue weighted by atomic mass is 35.5. The zero-order chi connectivity index (χ0) is 23.5. The number of amides is 2. The van der Waals surface area contributed by atoms with Crippen LogP contribution in [0.1, 0.15) is 24.5 Å². The van der Waals surface area contributed by atoms with Crippen molar-refractivity contribution in [3.8, 4) is 5.75 Å². The zero-order valence-corrected chi connectivity index (χ0v) is 18.9. The van der Waals surface area contributed by atoms with Gasteiger partial charge in [-0.25, -0.2) is 9.29 Å². The first-order valence-electron chi connectivity index (χ1n) is 10.5. The second-order valence-electron chi connectivity index (χ2n) is 7.63. The van der Waals surface area contributed by atoms with Crippen LogP contribution in [0.5, 0.6) is 5.75 Å². The van der Waals surface area contributed by atoms with Gasteiger partial charge in [0.25, 0.3) is 11.8 Å². The molecule has 1 aliphatic heterocycles. The van der Waals surface area contributed by atoms with Crippen molar-refractivity contribution in [1.29, 1.82) is 0 Å². The lowest BCUT2D eigenvalue weighted by Crippen LogP contribution is -2.33. The van der Waals surface area contributed by atoms with E-state index in [0.29, 0.717) is 34.3 Å². The standard InChI is InChI=1S/C26H22ClFN2O3/c1-3-13-33-21-6-4-5-20(15-21)29-24-23(17-8-11-19(28)12-9-17)25(31)30(26(24)32)22-14-18(27)10-7-16(22)2/h4-12,14-15,29H,3,13H2,1-2H3.